The van der Waals surface area contributed by atoms with Crippen LogP contribution in [0.3, 0.4) is 0 Å². The highest BCUT2D eigenvalue weighted by atomic mass is 79.9. The normalized spacial score (nSPS) is 10.4. The number of rotatable bonds is 2. The van der Waals surface area contributed by atoms with E-state index in [1.165, 1.54) is 21.9 Å². The third kappa shape index (κ3) is 1.73. The second kappa shape index (κ2) is 3.97. The van der Waals surface area contributed by atoms with Crippen molar-refractivity contribution < 1.29 is 0 Å². The van der Waals surface area contributed by atoms with Crippen molar-refractivity contribution in [2.45, 2.75) is 5.33 Å². The van der Waals surface area contributed by atoms with Crippen molar-refractivity contribution >= 4 is 32.8 Å². The van der Waals surface area contributed by atoms with E-state index in [0.29, 0.717) is 0 Å². The van der Waals surface area contributed by atoms with Gasteiger partial charge in [0.25, 0.3) is 0 Å². The van der Waals surface area contributed by atoms with E-state index in [-0.39, 0.29) is 0 Å². The Morgan fingerprint density at radius 2 is 1.79 bits per heavy atom. The maximum Gasteiger partial charge on any atom is 0.0283 e. The highest BCUT2D eigenvalue weighted by molar-refractivity contribution is 9.08. The van der Waals surface area contributed by atoms with E-state index >= 15 is 0 Å². The van der Waals surface area contributed by atoms with Crippen LogP contribution in [-0.4, -0.2) is 0 Å². The number of hydrogen-bond donors (Lipinski definition) is 0. The third-order valence-electron chi connectivity index (χ3n) is 2.32. The first-order valence-electron chi connectivity index (χ1n) is 4.54. The number of alkyl halides is 1. The molecule has 0 heterocycles. The first-order chi connectivity index (χ1) is 6.83. The molecule has 0 unspecified atom stereocenters. The predicted molar refractivity (Wildman–Crippen MR) is 66.7 cm³/mol. The molecule has 0 aliphatic heterocycles. The van der Waals surface area contributed by atoms with Crippen molar-refractivity contribution in [3.05, 3.63) is 54.1 Å². The number of halogens is 1. The summed E-state index contributed by atoms with van der Waals surface area (Å²) >= 11 is 3.46. The summed E-state index contributed by atoms with van der Waals surface area (Å²) in [5, 5.41) is 3.46. The molecule has 0 aliphatic rings. The van der Waals surface area contributed by atoms with Crippen LogP contribution in [0.5, 0.6) is 0 Å². The van der Waals surface area contributed by atoms with Crippen LogP contribution < -0.4 is 0 Å². The molecule has 70 valence electrons. The van der Waals surface area contributed by atoms with Crippen LogP contribution in [0, 0.1) is 0 Å². The van der Waals surface area contributed by atoms with Crippen molar-refractivity contribution in [1.82, 2.24) is 0 Å². The Hall–Kier alpha value is -1.08. The standard InChI is InChI=1S/C13H11Br/c1-2-10-3-5-13-8-11(9-14)4-6-12(13)7-10/h2-8H,1,9H2. The van der Waals surface area contributed by atoms with Gasteiger partial charge >= 0.3 is 0 Å². The summed E-state index contributed by atoms with van der Waals surface area (Å²) in [7, 11) is 0. The van der Waals surface area contributed by atoms with Gasteiger partial charge in [0.1, 0.15) is 0 Å². The molecular formula is C13H11Br. The molecule has 2 rings (SSSR count). The van der Waals surface area contributed by atoms with Gasteiger partial charge in [0.2, 0.25) is 0 Å². The number of fused-ring (bicyclic) bond motifs is 1. The fourth-order valence-electron chi connectivity index (χ4n) is 1.52. The third-order valence-corrected chi connectivity index (χ3v) is 2.97. The lowest BCUT2D eigenvalue weighted by Gasteiger charge is -2.01. The lowest BCUT2D eigenvalue weighted by Crippen LogP contribution is -1.79. The summed E-state index contributed by atoms with van der Waals surface area (Å²) in [5.74, 6) is 0. The molecular weight excluding hydrogens is 236 g/mol. The molecule has 0 N–H and O–H groups in total. The van der Waals surface area contributed by atoms with E-state index in [4.69, 9.17) is 0 Å². The van der Waals surface area contributed by atoms with Crippen molar-refractivity contribution in [2.75, 3.05) is 0 Å². The van der Waals surface area contributed by atoms with Gasteiger partial charge in [0.15, 0.2) is 0 Å². The summed E-state index contributed by atoms with van der Waals surface area (Å²) in [6, 6.07) is 12.9. The maximum atomic E-state index is 3.76. The molecule has 0 aromatic heterocycles. The van der Waals surface area contributed by atoms with Gasteiger partial charge in [-0.3, -0.25) is 0 Å². The van der Waals surface area contributed by atoms with Crippen LogP contribution in [0.4, 0.5) is 0 Å². The van der Waals surface area contributed by atoms with Crippen LogP contribution in [0.25, 0.3) is 16.8 Å². The highest BCUT2D eigenvalue weighted by Gasteiger charge is 1.95. The van der Waals surface area contributed by atoms with E-state index in [1.807, 2.05) is 6.08 Å². The quantitative estimate of drug-likeness (QED) is 0.691. The van der Waals surface area contributed by atoms with Gasteiger partial charge in [0.05, 0.1) is 0 Å². The van der Waals surface area contributed by atoms with Crippen LogP contribution in [-0.2, 0) is 5.33 Å². The smallest absolute Gasteiger partial charge is 0.0283 e. The van der Waals surface area contributed by atoms with Gasteiger partial charge in [-0.15, -0.1) is 0 Å². The SMILES string of the molecule is C=Cc1ccc2cc(CBr)ccc2c1. The van der Waals surface area contributed by atoms with Gasteiger partial charge in [-0.2, -0.15) is 0 Å². The Morgan fingerprint density at radius 1 is 1.07 bits per heavy atom. The van der Waals surface area contributed by atoms with Crippen molar-refractivity contribution in [2.24, 2.45) is 0 Å². The molecule has 1 heteroatoms. The monoisotopic (exact) mass is 246 g/mol. The number of benzene rings is 2. The molecule has 2 aromatic carbocycles. The molecule has 0 fully saturated rings. The lowest BCUT2D eigenvalue weighted by atomic mass is 10.1. The topological polar surface area (TPSA) is 0 Å². The average Bonchev–Trinajstić information content (AvgIpc) is 2.27. The van der Waals surface area contributed by atoms with E-state index < -0.39 is 0 Å². The van der Waals surface area contributed by atoms with Gasteiger partial charge in [-0.25, -0.2) is 0 Å². The second-order valence-electron chi connectivity index (χ2n) is 3.28. The molecule has 0 aliphatic carbocycles. The summed E-state index contributed by atoms with van der Waals surface area (Å²) < 4.78 is 0. The van der Waals surface area contributed by atoms with Crippen LogP contribution in [0.2, 0.25) is 0 Å². The van der Waals surface area contributed by atoms with E-state index in [9.17, 15) is 0 Å². The van der Waals surface area contributed by atoms with Gasteiger partial charge in [-0.1, -0.05) is 58.9 Å². The first kappa shape index (κ1) is 9.47. The summed E-state index contributed by atoms with van der Waals surface area (Å²) in [4.78, 5) is 0. The van der Waals surface area contributed by atoms with Gasteiger partial charge in [-0.05, 0) is 28.0 Å². The fourth-order valence-corrected chi connectivity index (χ4v) is 1.87. The molecule has 0 saturated carbocycles. The number of hydrogen-bond acceptors (Lipinski definition) is 0. The van der Waals surface area contributed by atoms with E-state index in [1.54, 1.807) is 0 Å². The Morgan fingerprint density at radius 3 is 2.50 bits per heavy atom. The van der Waals surface area contributed by atoms with Crippen LogP contribution >= 0.6 is 15.9 Å². The summed E-state index contributed by atoms with van der Waals surface area (Å²) in [5.41, 5.74) is 2.48. The van der Waals surface area contributed by atoms with Crippen molar-refractivity contribution in [1.29, 1.82) is 0 Å². The zero-order valence-electron chi connectivity index (χ0n) is 7.83. The minimum atomic E-state index is 0.909. The molecule has 0 bridgehead atoms. The molecule has 0 spiro atoms. The molecule has 0 amide bonds. The molecule has 14 heavy (non-hydrogen) atoms. The molecule has 0 nitrogen and oxygen atoms in total. The fraction of sp³-hybridized carbons (Fsp3) is 0.0769. The first-order valence-corrected chi connectivity index (χ1v) is 5.67. The van der Waals surface area contributed by atoms with Gasteiger partial charge in [0, 0.05) is 5.33 Å². The summed E-state index contributed by atoms with van der Waals surface area (Å²) in [6.45, 7) is 3.76. The zero-order chi connectivity index (χ0) is 9.97. The molecule has 2 aromatic rings. The van der Waals surface area contributed by atoms with E-state index in [2.05, 4.69) is 58.9 Å². The Bertz CT molecular complexity index is 472. The average molecular weight is 247 g/mol. The highest BCUT2D eigenvalue weighted by Crippen LogP contribution is 2.19. The zero-order valence-corrected chi connectivity index (χ0v) is 9.42. The van der Waals surface area contributed by atoms with Gasteiger partial charge < -0.3 is 0 Å². The molecule has 0 saturated heterocycles. The largest absolute Gasteiger partial charge is 0.0985 e. The summed E-state index contributed by atoms with van der Waals surface area (Å²) in [6.07, 6.45) is 1.87. The Balaban J connectivity index is 2.63. The van der Waals surface area contributed by atoms with Crippen LogP contribution in [0.1, 0.15) is 11.1 Å². The van der Waals surface area contributed by atoms with Crippen molar-refractivity contribution in [3.8, 4) is 0 Å². The molecule has 0 radical (unpaired) electrons. The second-order valence-corrected chi connectivity index (χ2v) is 3.84. The maximum absolute atomic E-state index is 3.76. The Kier molecular flexibility index (Phi) is 2.69. The lowest BCUT2D eigenvalue weighted by molar-refractivity contribution is 1.46. The minimum absolute atomic E-state index is 0.909. The van der Waals surface area contributed by atoms with Crippen molar-refractivity contribution in [3.63, 3.8) is 0 Å². The van der Waals surface area contributed by atoms with E-state index in [0.717, 1.165) is 5.33 Å². The van der Waals surface area contributed by atoms with Crippen LogP contribution in [0.15, 0.2) is 43.0 Å². The Labute approximate surface area is 92.4 Å². The molecule has 0 atom stereocenters. The predicted octanol–water partition coefficient (Wildman–Crippen LogP) is 4.38. The minimum Gasteiger partial charge on any atom is -0.0985 e.